The molecule has 0 atom stereocenters. The molecule has 0 N–H and O–H groups in total. The van der Waals surface area contributed by atoms with Crippen LogP contribution in [0.15, 0.2) is 60.7 Å². The average molecular weight is 458 g/mol. The SMILES string of the molecule is O=C(Oc1ccccc1OC(=O)c1ccc2c(c1)C(=O)OC2=O)c1ccc2c(c1)C(=O)OC2=O. The van der Waals surface area contributed by atoms with Gasteiger partial charge in [0.2, 0.25) is 0 Å². The first kappa shape index (κ1) is 20.8. The Hall–Kier alpha value is -5.12. The Morgan fingerprint density at radius 2 is 0.912 bits per heavy atom. The maximum atomic E-state index is 12.6. The zero-order valence-corrected chi connectivity index (χ0v) is 16.9. The molecule has 0 radical (unpaired) electrons. The lowest BCUT2D eigenvalue weighted by molar-refractivity contribution is 0.0425. The summed E-state index contributed by atoms with van der Waals surface area (Å²) in [5.74, 6) is -5.31. The van der Waals surface area contributed by atoms with Crippen LogP contribution in [0.4, 0.5) is 0 Å². The van der Waals surface area contributed by atoms with E-state index in [1.54, 1.807) is 0 Å². The van der Waals surface area contributed by atoms with E-state index in [-0.39, 0.29) is 44.9 Å². The normalized spacial score (nSPS) is 13.6. The van der Waals surface area contributed by atoms with Crippen LogP contribution in [0.25, 0.3) is 0 Å². The first-order valence-electron chi connectivity index (χ1n) is 9.66. The molecule has 2 aliphatic heterocycles. The molecule has 2 aliphatic rings. The first-order chi connectivity index (χ1) is 16.3. The van der Waals surface area contributed by atoms with E-state index < -0.39 is 35.8 Å². The number of para-hydroxylation sites is 2. The molecular formula is C24H10O10. The maximum Gasteiger partial charge on any atom is 0.346 e. The smallest absolute Gasteiger partial charge is 0.346 e. The molecule has 0 saturated carbocycles. The van der Waals surface area contributed by atoms with Crippen LogP contribution in [0.1, 0.15) is 62.1 Å². The lowest BCUT2D eigenvalue weighted by Gasteiger charge is -2.11. The minimum absolute atomic E-state index is 0.0340. The van der Waals surface area contributed by atoms with E-state index in [0.29, 0.717) is 0 Å². The van der Waals surface area contributed by atoms with Gasteiger partial charge in [0.1, 0.15) is 0 Å². The number of hydrogen-bond donors (Lipinski definition) is 0. The number of benzene rings is 3. The van der Waals surface area contributed by atoms with Gasteiger partial charge in [-0.3, -0.25) is 0 Å². The molecule has 0 unspecified atom stereocenters. The molecule has 0 saturated heterocycles. The minimum atomic E-state index is -0.878. The zero-order valence-electron chi connectivity index (χ0n) is 16.9. The number of esters is 6. The van der Waals surface area contributed by atoms with Gasteiger partial charge < -0.3 is 18.9 Å². The van der Waals surface area contributed by atoms with Crippen LogP contribution in [0.5, 0.6) is 11.5 Å². The van der Waals surface area contributed by atoms with Crippen molar-refractivity contribution in [1.29, 1.82) is 0 Å². The van der Waals surface area contributed by atoms with Crippen molar-refractivity contribution < 1.29 is 47.7 Å². The summed E-state index contributed by atoms with van der Waals surface area (Å²) >= 11 is 0. The van der Waals surface area contributed by atoms with Gasteiger partial charge in [0.25, 0.3) is 0 Å². The Bertz CT molecular complexity index is 1360. The minimum Gasteiger partial charge on any atom is -0.419 e. The third-order valence-electron chi connectivity index (χ3n) is 5.02. The molecule has 10 nitrogen and oxygen atoms in total. The molecule has 3 aromatic carbocycles. The van der Waals surface area contributed by atoms with Crippen LogP contribution >= 0.6 is 0 Å². The molecule has 2 heterocycles. The molecule has 0 aromatic heterocycles. The molecule has 10 heteroatoms. The van der Waals surface area contributed by atoms with Crippen molar-refractivity contribution in [3.8, 4) is 11.5 Å². The summed E-state index contributed by atoms with van der Waals surface area (Å²) in [4.78, 5) is 71.8. The fourth-order valence-corrected chi connectivity index (χ4v) is 3.36. The fourth-order valence-electron chi connectivity index (χ4n) is 3.36. The number of hydrogen-bond acceptors (Lipinski definition) is 10. The van der Waals surface area contributed by atoms with Gasteiger partial charge in [-0.1, -0.05) is 12.1 Å². The number of carbonyl (C=O) groups excluding carboxylic acids is 6. The Kier molecular flexibility index (Phi) is 4.75. The van der Waals surface area contributed by atoms with E-state index in [1.165, 1.54) is 60.7 Å². The largest absolute Gasteiger partial charge is 0.419 e. The predicted molar refractivity (Wildman–Crippen MR) is 109 cm³/mol. The van der Waals surface area contributed by atoms with Crippen LogP contribution in [-0.2, 0) is 9.47 Å². The molecule has 0 fully saturated rings. The van der Waals surface area contributed by atoms with Crippen LogP contribution in [0, 0.1) is 0 Å². The number of fused-ring (bicyclic) bond motifs is 2. The topological polar surface area (TPSA) is 139 Å². The second-order valence-electron chi connectivity index (χ2n) is 7.10. The van der Waals surface area contributed by atoms with E-state index >= 15 is 0 Å². The average Bonchev–Trinajstić information content (AvgIpc) is 3.28. The van der Waals surface area contributed by atoms with Gasteiger partial charge in [-0.15, -0.1) is 0 Å². The molecular weight excluding hydrogens is 448 g/mol. The van der Waals surface area contributed by atoms with Crippen LogP contribution in [0.2, 0.25) is 0 Å². The fraction of sp³-hybridized carbons (Fsp3) is 0. The van der Waals surface area contributed by atoms with Gasteiger partial charge >= 0.3 is 35.8 Å². The van der Waals surface area contributed by atoms with Crippen LogP contribution in [-0.4, -0.2) is 35.8 Å². The summed E-state index contributed by atoms with van der Waals surface area (Å²) < 4.78 is 19.6. The van der Waals surface area contributed by atoms with E-state index in [0.717, 1.165) is 0 Å². The highest BCUT2D eigenvalue weighted by Gasteiger charge is 2.32. The Labute approximate surface area is 189 Å². The quantitative estimate of drug-likeness (QED) is 0.326. The van der Waals surface area contributed by atoms with Gasteiger partial charge in [0.05, 0.1) is 33.4 Å². The van der Waals surface area contributed by atoms with Gasteiger partial charge in [0.15, 0.2) is 11.5 Å². The van der Waals surface area contributed by atoms with Crippen molar-refractivity contribution in [2.45, 2.75) is 0 Å². The summed E-state index contributed by atoms with van der Waals surface area (Å²) in [6.07, 6.45) is 0. The Morgan fingerprint density at radius 3 is 1.32 bits per heavy atom. The van der Waals surface area contributed by atoms with Crippen molar-refractivity contribution in [1.82, 2.24) is 0 Å². The third-order valence-corrected chi connectivity index (χ3v) is 5.02. The molecule has 34 heavy (non-hydrogen) atoms. The van der Waals surface area contributed by atoms with Crippen LogP contribution in [0.3, 0.4) is 0 Å². The van der Waals surface area contributed by atoms with E-state index in [2.05, 4.69) is 9.47 Å². The lowest BCUT2D eigenvalue weighted by atomic mass is 10.1. The molecule has 0 bridgehead atoms. The monoisotopic (exact) mass is 458 g/mol. The molecule has 0 amide bonds. The molecule has 3 aromatic rings. The number of rotatable bonds is 4. The van der Waals surface area contributed by atoms with Crippen molar-refractivity contribution in [3.63, 3.8) is 0 Å². The van der Waals surface area contributed by atoms with E-state index in [1.807, 2.05) is 0 Å². The van der Waals surface area contributed by atoms with Gasteiger partial charge in [-0.05, 0) is 48.5 Å². The van der Waals surface area contributed by atoms with E-state index in [9.17, 15) is 28.8 Å². The van der Waals surface area contributed by atoms with E-state index in [4.69, 9.17) is 9.47 Å². The summed E-state index contributed by atoms with van der Waals surface area (Å²) in [5.41, 5.74) is -0.117. The number of ether oxygens (including phenoxy) is 4. The summed E-state index contributed by atoms with van der Waals surface area (Å²) in [6, 6.07) is 13.3. The lowest BCUT2D eigenvalue weighted by Crippen LogP contribution is -2.13. The van der Waals surface area contributed by atoms with Gasteiger partial charge in [0, 0.05) is 0 Å². The molecule has 0 aliphatic carbocycles. The first-order valence-corrected chi connectivity index (χ1v) is 9.66. The maximum absolute atomic E-state index is 12.6. The van der Waals surface area contributed by atoms with Crippen molar-refractivity contribution >= 4 is 35.8 Å². The van der Waals surface area contributed by atoms with Crippen molar-refractivity contribution in [3.05, 3.63) is 94.0 Å². The predicted octanol–water partition coefficient (Wildman–Crippen LogP) is 2.75. The second-order valence-corrected chi connectivity index (χ2v) is 7.10. The Balaban J connectivity index is 1.36. The molecule has 0 spiro atoms. The molecule has 166 valence electrons. The van der Waals surface area contributed by atoms with Gasteiger partial charge in [-0.25, -0.2) is 28.8 Å². The highest BCUT2D eigenvalue weighted by atomic mass is 16.6. The van der Waals surface area contributed by atoms with Crippen LogP contribution < -0.4 is 9.47 Å². The van der Waals surface area contributed by atoms with Gasteiger partial charge in [-0.2, -0.15) is 0 Å². The van der Waals surface area contributed by atoms with Crippen molar-refractivity contribution in [2.24, 2.45) is 0 Å². The zero-order chi connectivity index (χ0) is 24.0. The van der Waals surface area contributed by atoms with Crippen molar-refractivity contribution in [2.75, 3.05) is 0 Å². The summed E-state index contributed by atoms with van der Waals surface area (Å²) in [7, 11) is 0. The summed E-state index contributed by atoms with van der Waals surface area (Å²) in [6.45, 7) is 0. The standard InChI is InChI=1S/C24H10O10/c25-19(11-5-7-13-15(9-11)23(29)33-21(13)27)31-17-3-1-2-4-18(17)32-20(26)12-6-8-14-16(10-12)24(30)34-22(14)28/h1-10H. The highest BCUT2D eigenvalue weighted by Crippen LogP contribution is 2.30. The highest BCUT2D eigenvalue weighted by molar-refractivity contribution is 6.16. The number of carbonyl (C=O) groups is 6. The Morgan fingerprint density at radius 1 is 0.529 bits per heavy atom. The summed E-state index contributed by atoms with van der Waals surface area (Å²) in [5, 5.41) is 0. The second kappa shape index (κ2) is 7.78. The molecule has 5 rings (SSSR count). The number of cyclic esters (lactones) is 4. The third kappa shape index (κ3) is 3.48.